The quantitative estimate of drug-likeness (QED) is 0.889. The molecular formula is C15H17N5. The molecule has 20 heavy (non-hydrogen) atoms. The third-order valence-electron chi connectivity index (χ3n) is 2.71. The number of nitriles is 1. The van der Waals surface area contributed by atoms with Crippen LogP contribution < -0.4 is 10.6 Å². The van der Waals surface area contributed by atoms with Crippen molar-refractivity contribution in [3.8, 4) is 6.07 Å². The highest BCUT2D eigenvalue weighted by molar-refractivity contribution is 5.59. The molecule has 0 saturated carbocycles. The van der Waals surface area contributed by atoms with E-state index in [2.05, 4.69) is 26.7 Å². The lowest BCUT2D eigenvalue weighted by Gasteiger charge is -2.18. The van der Waals surface area contributed by atoms with Crippen molar-refractivity contribution in [3.63, 3.8) is 0 Å². The van der Waals surface area contributed by atoms with Gasteiger partial charge in [-0.15, -0.1) is 0 Å². The molecule has 1 heterocycles. The van der Waals surface area contributed by atoms with E-state index in [4.69, 9.17) is 5.26 Å². The molecule has 2 aromatic rings. The van der Waals surface area contributed by atoms with Crippen molar-refractivity contribution in [1.82, 2.24) is 9.97 Å². The molecule has 1 aromatic carbocycles. The average molecular weight is 267 g/mol. The van der Waals surface area contributed by atoms with Crippen LogP contribution in [0.5, 0.6) is 0 Å². The topological polar surface area (TPSA) is 73.6 Å². The second-order valence-corrected chi connectivity index (χ2v) is 5.14. The first-order valence-electron chi connectivity index (χ1n) is 6.34. The summed E-state index contributed by atoms with van der Waals surface area (Å²) in [6.45, 7) is 5.63. The van der Waals surface area contributed by atoms with Crippen LogP contribution in [0, 0.1) is 18.3 Å². The summed E-state index contributed by atoms with van der Waals surface area (Å²) in [4.78, 5) is 8.28. The van der Waals surface area contributed by atoms with E-state index in [-0.39, 0.29) is 0 Å². The molecule has 0 aliphatic heterocycles. The van der Waals surface area contributed by atoms with Crippen LogP contribution in [-0.2, 0) is 0 Å². The van der Waals surface area contributed by atoms with Crippen molar-refractivity contribution >= 4 is 17.3 Å². The maximum atomic E-state index is 9.01. The summed E-state index contributed by atoms with van der Waals surface area (Å²) in [6.07, 6.45) is 1.46. The molecule has 2 N–H and O–H groups in total. The summed E-state index contributed by atoms with van der Waals surface area (Å²) in [5, 5.41) is 15.3. The molecule has 1 aromatic heterocycles. The molecule has 0 bridgehead atoms. The molecule has 0 aliphatic carbocycles. The van der Waals surface area contributed by atoms with Crippen LogP contribution in [0.1, 0.15) is 19.4 Å². The van der Waals surface area contributed by atoms with Gasteiger partial charge in [-0.25, -0.2) is 9.97 Å². The lowest BCUT2D eigenvalue weighted by atomic mass is 10.1. The van der Waals surface area contributed by atoms with Crippen molar-refractivity contribution in [3.05, 3.63) is 42.2 Å². The van der Waals surface area contributed by atoms with Gasteiger partial charge in [0.05, 0.1) is 6.07 Å². The Labute approximate surface area is 118 Å². The number of hydrogen-bond acceptors (Lipinski definition) is 5. The van der Waals surface area contributed by atoms with Crippen LogP contribution in [0.3, 0.4) is 0 Å². The summed E-state index contributed by atoms with van der Waals surface area (Å²) < 4.78 is 0. The van der Waals surface area contributed by atoms with Gasteiger partial charge < -0.3 is 10.6 Å². The Kier molecular flexibility index (Phi) is 3.85. The zero-order chi connectivity index (χ0) is 14.6. The molecular weight excluding hydrogens is 250 g/mol. The Morgan fingerprint density at radius 2 is 1.75 bits per heavy atom. The fourth-order valence-corrected chi connectivity index (χ4v) is 1.63. The highest BCUT2D eigenvalue weighted by Crippen LogP contribution is 2.18. The summed E-state index contributed by atoms with van der Waals surface area (Å²) >= 11 is 0. The van der Waals surface area contributed by atoms with Gasteiger partial charge in [0.25, 0.3) is 0 Å². The number of nitrogens with one attached hydrogen (secondary N) is 2. The summed E-state index contributed by atoms with van der Waals surface area (Å²) in [6, 6.07) is 12.0. The molecule has 0 amide bonds. The smallest absolute Gasteiger partial charge is 0.135 e. The van der Waals surface area contributed by atoms with Crippen molar-refractivity contribution in [2.75, 3.05) is 10.6 Å². The van der Waals surface area contributed by atoms with Gasteiger partial charge in [0.15, 0.2) is 0 Å². The van der Waals surface area contributed by atoms with Gasteiger partial charge in [0.1, 0.15) is 23.5 Å². The predicted octanol–water partition coefficient (Wildman–Crippen LogP) is 3.24. The van der Waals surface area contributed by atoms with E-state index in [1.807, 2.05) is 31.2 Å². The fraction of sp³-hybridized carbons (Fsp3) is 0.267. The summed E-state index contributed by atoms with van der Waals surface area (Å²) in [5.74, 6) is 1.29. The number of aryl methyl sites for hydroxylation is 1. The Morgan fingerprint density at radius 3 is 2.40 bits per heavy atom. The van der Waals surface area contributed by atoms with Gasteiger partial charge in [0, 0.05) is 11.8 Å². The molecule has 5 heteroatoms. The van der Waals surface area contributed by atoms with E-state index in [1.54, 1.807) is 19.9 Å². The van der Waals surface area contributed by atoms with E-state index < -0.39 is 5.54 Å². The molecule has 0 radical (unpaired) electrons. The third kappa shape index (κ3) is 3.69. The van der Waals surface area contributed by atoms with Crippen molar-refractivity contribution < 1.29 is 0 Å². The molecule has 0 fully saturated rings. The van der Waals surface area contributed by atoms with E-state index in [1.165, 1.54) is 11.9 Å². The molecule has 0 aliphatic rings. The summed E-state index contributed by atoms with van der Waals surface area (Å²) in [5.41, 5.74) is 1.49. The van der Waals surface area contributed by atoms with Crippen molar-refractivity contribution in [2.24, 2.45) is 0 Å². The lowest BCUT2D eigenvalue weighted by molar-refractivity contribution is 0.723. The first kappa shape index (κ1) is 13.8. The SMILES string of the molecule is Cc1ccc(Nc2cc(NC(C)(C)C#N)ncn2)cc1. The van der Waals surface area contributed by atoms with Crippen LogP contribution in [-0.4, -0.2) is 15.5 Å². The van der Waals surface area contributed by atoms with Crippen LogP contribution in [0.4, 0.5) is 17.3 Å². The Morgan fingerprint density at radius 1 is 1.10 bits per heavy atom. The largest absolute Gasteiger partial charge is 0.352 e. The zero-order valence-electron chi connectivity index (χ0n) is 11.8. The Hall–Kier alpha value is -2.61. The van der Waals surface area contributed by atoms with Gasteiger partial charge >= 0.3 is 0 Å². The number of benzene rings is 1. The van der Waals surface area contributed by atoms with Crippen LogP contribution >= 0.6 is 0 Å². The normalized spacial score (nSPS) is 10.7. The van der Waals surface area contributed by atoms with Crippen molar-refractivity contribution in [2.45, 2.75) is 26.3 Å². The number of hydrogen-bond donors (Lipinski definition) is 2. The fourth-order valence-electron chi connectivity index (χ4n) is 1.63. The zero-order valence-corrected chi connectivity index (χ0v) is 11.8. The van der Waals surface area contributed by atoms with Crippen LogP contribution in [0.15, 0.2) is 36.7 Å². The molecule has 0 unspecified atom stereocenters. The average Bonchev–Trinajstić information content (AvgIpc) is 2.41. The maximum absolute atomic E-state index is 9.01. The highest BCUT2D eigenvalue weighted by atomic mass is 15.1. The molecule has 102 valence electrons. The van der Waals surface area contributed by atoms with E-state index in [9.17, 15) is 0 Å². The molecule has 2 rings (SSSR count). The number of aromatic nitrogens is 2. The molecule has 5 nitrogen and oxygen atoms in total. The number of rotatable bonds is 4. The van der Waals surface area contributed by atoms with Gasteiger partial charge in [-0.2, -0.15) is 5.26 Å². The Balaban J connectivity index is 2.14. The van der Waals surface area contributed by atoms with Gasteiger partial charge in [-0.3, -0.25) is 0 Å². The second kappa shape index (κ2) is 5.57. The van der Waals surface area contributed by atoms with Gasteiger partial charge in [0.2, 0.25) is 0 Å². The number of nitrogens with zero attached hydrogens (tertiary/aromatic N) is 3. The second-order valence-electron chi connectivity index (χ2n) is 5.14. The van der Waals surface area contributed by atoms with Gasteiger partial charge in [-0.1, -0.05) is 17.7 Å². The predicted molar refractivity (Wildman–Crippen MR) is 79.8 cm³/mol. The molecule has 0 saturated heterocycles. The van der Waals surface area contributed by atoms with Crippen LogP contribution in [0.25, 0.3) is 0 Å². The third-order valence-corrected chi connectivity index (χ3v) is 2.71. The highest BCUT2D eigenvalue weighted by Gasteiger charge is 2.16. The standard InChI is InChI=1S/C15H17N5/c1-11-4-6-12(7-5-11)19-13-8-14(18-10-17-13)20-15(2,3)9-16/h4-8,10H,1-3H3,(H2,17,18,19,20). The maximum Gasteiger partial charge on any atom is 0.135 e. The van der Waals surface area contributed by atoms with E-state index in [0.29, 0.717) is 11.6 Å². The monoisotopic (exact) mass is 267 g/mol. The minimum Gasteiger partial charge on any atom is -0.352 e. The van der Waals surface area contributed by atoms with E-state index >= 15 is 0 Å². The molecule has 0 spiro atoms. The number of anilines is 3. The summed E-state index contributed by atoms with van der Waals surface area (Å²) in [7, 11) is 0. The lowest BCUT2D eigenvalue weighted by Crippen LogP contribution is -2.28. The van der Waals surface area contributed by atoms with Crippen molar-refractivity contribution in [1.29, 1.82) is 5.26 Å². The van der Waals surface area contributed by atoms with Gasteiger partial charge in [-0.05, 0) is 32.9 Å². The van der Waals surface area contributed by atoms with Crippen LogP contribution in [0.2, 0.25) is 0 Å². The minimum atomic E-state index is -0.671. The Bertz CT molecular complexity index is 625. The minimum absolute atomic E-state index is 0.612. The van der Waals surface area contributed by atoms with E-state index in [0.717, 1.165) is 5.69 Å². The first-order chi connectivity index (χ1) is 9.48. The first-order valence-corrected chi connectivity index (χ1v) is 6.34. The molecule has 0 atom stereocenters.